The van der Waals surface area contributed by atoms with E-state index in [-0.39, 0.29) is 28.8 Å². The van der Waals surface area contributed by atoms with Crippen molar-refractivity contribution in [3.05, 3.63) is 71.1 Å². The zero-order chi connectivity index (χ0) is 26.6. The van der Waals surface area contributed by atoms with Gasteiger partial charge in [-0.25, -0.2) is 0 Å². The minimum Gasteiger partial charge on any atom is -0.494 e. The minimum atomic E-state index is -0.651. The number of Topliss-reactive ketones (excluding diaryl/α,β-unsaturated/α-hetero) is 1. The Bertz CT molecular complexity index is 1450. The Kier molecular flexibility index (Phi) is 7.48. The monoisotopic (exact) mass is 548 g/mol. The van der Waals surface area contributed by atoms with Gasteiger partial charge in [-0.15, -0.1) is 10.2 Å². The Morgan fingerprint density at radius 2 is 2.13 bits per heavy atom. The largest absolute Gasteiger partial charge is 0.494 e. The molecule has 38 heavy (non-hydrogen) atoms. The highest BCUT2D eigenvalue weighted by Gasteiger charge is 2.42. The van der Waals surface area contributed by atoms with Gasteiger partial charge in [0.15, 0.2) is 10.1 Å². The summed E-state index contributed by atoms with van der Waals surface area (Å²) in [7, 11) is 0. The Hall–Kier alpha value is -4.08. The number of furan rings is 1. The van der Waals surface area contributed by atoms with Crippen LogP contribution in [0.2, 0.25) is 0 Å². The number of ketones is 1. The molecule has 0 bridgehead atoms. The van der Waals surface area contributed by atoms with Crippen LogP contribution in [0.5, 0.6) is 5.75 Å². The van der Waals surface area contributed by atoms with Gasteiger partial charge in [0.05, 0.1) is 36.2 Å². The van der Waals surface area contributed by atoms with Crippen molar-refractivity contribution in [1.82, 2.24) is 10.2 Å². The van der Waals surface area contributed by atoms with E-state index in [1.54, 1.807) is 41.3 Å². The molecule has 1 aromatic carbocycles. The van der Waals surface area contributed by atoms with E-state index in [9.17, 15) is 14.9 Å². The second kappa shape index (κ2) is 11.1. The lowest BCUT2D eigenvalue weighted by molar-refractivity contribution is -0.116. The van der Waals surface area contributed by atoms with Gasteiger partial charge in [0.25, 0.3) is 0 Å². The van der Waals surface area contributed by atoms with Crippen LogP contribution in [0.3, 0.4) is 0 Å². The normalized spacial score (nSPS) is 17.3. The Morgan fingerprint density at radius 1 is 1.32 bits per heavy atom. The summed E-state index contributed by atoms with van der Waals surface area (Å²) in [5, 5.41) is 21.8. The molecule has 10 nitrogen and oxygen atoms in total. The maximum absolute atomic E-state index is 13.1. The zero-order valence-corrected chi connectivity index (χ0v) is 22.1. The zero-order valence-electron chi connectivity index (χ0n) is 20.5. The highest BCUT2D eigenvalue weighted by atomic mass is 32.2. The Labute approximate surface area is 227 Å². The highest BCUT2D eigenvalue weighted by molar-refractivity contribution is 8.01. The summed E-state index contributed by atoms with van der Waals surface area (Å²) in [5.74, 6) is 0.681. The molecule has 0 spiro atoms. The number of amides is 1. The molecule has 0 radical (unpaired) electrons. The fraction of sp³-hybridized carbons (Fsp3) is 0.269. The van der Waals surface area contributed by atoms with E-state index in [1.165, 1.54) is 29.4 Å². The smallest absolute Gasteiger partial charge is 0.234 e. The number of nitrogens with one attached hydrogen (secondary N) is 1. The molecule has 5 rings (SSSR count). The first kappa shape index (κ1) is 25.6. The molecule has 194 valence electrons. The van der Waals surface area contributed by atoms with Gasteiger partial charge in [0, 0.05) is 23.4 Å². The van der Waals surface area contributed by atoms with Crippen molar-refractivity contribution in [2.75, 3.05) is 22.6 Å². The number of nitriles is 1. The lowest BCUT2D eigenvalue weighted by Crippen LogP contribution is -2.38. The molecule has 1 amide bonds. The van der Waals surface area contributed by atoms with E-state index >= 15 is 0 Å². The average molecular weight is 549 g/mol. The van der Waals surface area contributed by atoms with Crippen LogP contribution in [-0.4, -0.2) is 34.2 Å². The maximum atomic E-state index is 13.1. The average Bonchev–Trinajstić information content (AvgIpc) is 3.61. The summed E-state index contributed by atoms with van der Waals surface area (Å²) in [6, 6.07) is 12.8. The van der Waals surface area contributed by atoms with Crippen LogP contribution >= 0.6 is 23.1 Å². The first-order valence-electron chi connectivity index (χ1n) is 12.0. The molecule has 12 heteroatoms. The predicted octanol–water partition coefficient (Wildman–Crippen LogP) is 4.57. The molecular formula is C26H24N6O4S2. The van der Waals surface area contributed by atoms with Crippen LogP contribution in [0.15, 0.2) is 74.1 Å². The number of carbonyl (C=O) groups excluding carboxylic acids is 2. The van der Waals surface area contributed by atoms with Gasteiger partial charge in [-0.1, -0.05) is 23.1 Å². The molecule has 0 fully saturated rings. The number of nitrogens with zero attached hydrogens (tertiary/aromatic N) is 4. The second-order valence-electron chi connectivity index (χ2n) is 8.48. The number of rotatable bonds is 8. The van der Waals surface area contributed by atoms with Crippen molar-refractivity contribution in [3.63, 3.8) is 0 Å². The molecule has 1 unspecified atom stereocenters. The van der Waals surface area contributed by atoms with E-state index in [4.69, 9.17) is 14.9 Å². The van der Waals surface area contributed by atoms with Crippen molar-refractivity contribution in [2.45, 2.75) is 36.4 Å². The van der Waals surface area contributed by atoms with Crippen LogP contribution in [0.25, 0.3) is 0 Å². The van der Waals surface area contributed by atoms with Gasteiger partial charge < -0.3 is 20.2 Å². The van der Waals surface area contributed by atoms with Crippen LogP contribution < -0.4 is 20.7 Å². The summed E-state index contributed by atoms with van der Waals surface area (Å²) < 4.78 is 11.6. The number of aromatic nitrogens is 2. The van der Waals surface area contributed by atoms with Gasteiger partial charge in [-0.3, -0.25) is 14.5 Å². The first-order valence-corrected chi connectivity index (χ1v) is 13.8. The van der Waals surface area contributed by atoms with Crippen LogP contribution in [-0.2, 0) is 9.59 Å². The molecule has 0 saturated heterocycles. The molecule has 3 N–H and O–H groups in total. The van der Waals surface area contributed by atoms with E-state index in [0.717, 1.165) is 5.75 Å². The van der Waals surface area contributed by atoms with E-state index in [0.29, 0.717) is 58.1 Å². The summed E-state index contributed by atoms with van der Waals surface area (Å²) in [5.41, 5.74) is 8.63. The number of hydrogen-bond acceptors (Lipinski definition) is 11. The van der Waals surface area contributed by atoms with Crippen molar-refractivity contribution in [1.29, 1.82) is 5.26 Å². The van der Waals surface area contributed by atoms with Gasteiger partial charge in [0.2, 0.25) is 11.0 Å². The van der Waals surface area contributed by atoms with Gasteiger partial charge in [0.1, 0.15) is 17.3 Å². The fourth-order valence-electron chi connectivity index (χ4n) is 4.52. The van der Waals surface area contributed by atoms with Crippen molar-refractivity contribution in [2.24, 2.45) is 5.73 Å². The van der Waals surface area contributed by atoms with Gasteiger partial charge >= 0.3 is 0 Å². The minimum absolute atomic E-state index is 0.0389. The SMILES string of the molecule is CCOc1ccc(NC(=O)CSc2nnc(N3C(N)=C(C#N)C(c4ccco4)C4=C3CCCC4=O)s2)cc1. The lowest BCUT2D eigenvalue weighted by Gasteiger charge is -2.37. The first-order chi connectivity index (χ1) is 18.5. The number of allylic oxidation sites excluding steroid dienone is 3. The Balaban J connectivity index is 1.34. The van der Waals surface area contributed by atoms with Crippen molar-refractivity contribution in [3.8, 4) is 11.8 Å². The van der Waals surface area contributed by atoms with E-state index in [2.05, 4.69) is 21.6 Å². The Morgan fingerprint density at radius 3 is 2.84 bits per heavy atom. The molecule has 2 aromatic heterocycles. The number of carbonyl (C=O) groups is 2. The summed E-state index contributed by atoms with van der Waals surface area (Å²) in [4.78, 5) is 27.2. The third kappa shape index (κ3) is 5.03. The quantitative estimate of drug-likeness (QED) is 0.384. The standard InChI is InChI=1S/C26H24N6O4S2/c1-2-35-16-10-8-15(9-11-16)29-21(34)14-37-26-31-30-25(38-26)32-18-5-3-6-19(33)23(18)22(17(13-27)24(32)28)20-7-4-12-36-20/h4,7-12,22H,2-3,5-6,14,28H2,1H3,(H,29,34). The predicted molar refractivity (Wildman–Crippen MR) is 144 cm³/mol. The van der Waals surface area contributed by atoms with Crippen LogP contribution in [0.1, 0.15) is 37.9 Å². The molecular weight excluding hydrogens is 524 g/mol. The summed E-state index contributed by atoms with van der Waals surface area (Å²) in [6.45, 7) is 2.48. The fourth-order valence-corrected chi connectivity index (χ4v) is 6.20. The van der Waals surface area contributed by atoms with E-state index in [1.807, 2.05) is 6.92 Å². The van der Waals surface area contributed by atoms with Gasteiger partial charge in [-0.2, -0.15) is 5.26 Å². The topological polar surface area (TPSA) is 147 Å². The number of anilines is 2. The number of nitrogens with two attached hydrogens (primary N) is 1. The summed E-state index contributed by atoms with van der Waals surface area (Å²) >= 11 is 2.49. The summed E-state index contributed by atoms with van der Waals surface area (Å²) in [6.07, 6.45) is 3.18. The third-order valence-corrected chi connectivity index (χ3v) is 8.15. The molecule has 1 aliphatic carbocycles. The number of ether oxygens (including phenoxy) is 1. The number of hydrogen-bond donors (Lipinski definition) is 2. The van der Waals surface area contributed by atoms with Crippen LogP contribution in [0, 0.1) is 11.3 Å². The lowest BCUT2D eigenvalue weighted by atomic mass is 9.78. The van der Waals surface area contributed by atoms with Crippen LogP contribution in [0.4, 0.5) is 10.8 Å². The highest BCUT2D eigenvalue weighted by Crippen LogP contribution is 2.47. The van der Waals surface area contributed by atoms with Crippen molar-refractivity contribution >= 4 is 45.6 Å². The molecule has 1 atom stereocenters. The van der Waals surface area contributed by atoms with Gasteiger partial charge in [-0.05, 0) is 56.2 Å². The van der Waals surface area contributed by atoms with Crippen molar-refractivity contribution < 1.29 is 18.7 Å². The second-order valence-corrected chi connectivity index (χ2v) is 10.7. The molecule has 1 aliphatic heterocycles. The molecule has 2 aliphatic rings. The molecule has 3 heterocycles. The number of benzene rings is 1. The third-order valence-electron chi connectivity index (χ3n) is 6.10. The van der Waals surface area contributed by atoms with E-state index < -0.39 is 5.92 Å². The maximum Gasteiger partial charge on any atom is 0.234 e. The number of thioether (sulfide) groups is 1. The molecule has 3 aromatic rings. The molecule has 0 saturated carbocycles.